The van der Waals surface area contributed by atoms with Crippen LogP contribution < -0.4 is 5.32 Å². The lowest BCUT2D eigenvalue weighted by Gasteiger charge is -2.01. The van der Waals surface area contributed by atoms with Crippen molar-refractivity contribution >= 4 is 23.5 Å². The second-order valence-electron chi connectivity index (χ2n) is 4.71. The van der Waals surface area contributed by atoms with Crippen molar-refractivity contribution in [3.63, 3.8) is 0 Å². The Morgan fingerprint density at radius 3 is 3.00 bits per heavy atom. The predicted octanol–water partition coefficient (Wildman–Crippen LogP) is 2.13. The molecule has 0 saturated heterocycles. The molecule has 0 aromatic carbocycles. The minimum atomic E-state index is -0.121. The van der Waals surface area contributed by atoms with E-state index in [1.165, 1.54) is 11.8 Å². The minimum Gasteiger partial charge on any atom is -0.310 e. The Morgan fingerprint density at radius 1 is 1.45 bits per heavy atom. The van der Waals surface area contributed by atoms with Gasteiger partial charge in [-0.3, -0.25) is 9.89 Å². The topological polar surface area (TPSA) is 83.6 Å². The average Bonchev–Trinajstić information content (AvgIpc) is 2.84. The van der Waals surface area contributed by atoms with Crippen LogP contribution in [-0.4, -0.2) is 31.8 Å². The molecule has 0 saturated carbocycles. The fraction of sp³-hybridized carbons (Fsp3) is 0.385. The highest BCUT2D eigenvalue weighted by Crippen LogP contribution is 2.14. The molecule has 0 atom stereocenters. The van der Waals surface area contributed by atoms with Gasteiger partial charge < -0.3 is 5.32 Å². The summed E-state index contributed by atoms with van der Waals surface area (Å²) in [6.45, 7) is 4.24. The zero-order valence-electron chi connectivity index (χ0n) is 11.5. The third-order valence-corrected chi connectivity index (χ3v) is 3.22. The first-order valence-electron chi connectivity index (χ1n) is 6.38. The third-order valence-electron chi connectivity index (χ3n) is 2.38. The number of rotatable bonds is 6. The van der Waals surface area contributed by atoms with Crippen LogP contribution >= 0.6 is 11.8 Å². The number of nitrogens with one attached hydrogen (secondary N) is 2. The number of carbonyl (C=O) groups is 1. The fourth-order valence-electron chi connectivity index (χ4n) is 1.57. The van der Waals surface area contributed by atoms with Gasteiger partial charge in [0, 0.05) is 12.6 Å². The van der Waals surface area contributed by atoms with Crippen LogP contribution in [0, 0.1) is 5.92 Å². The van der Waals surface area contributed by atoms with Crippen LogP contribution in [0.15, 0.2) is 29.6 Å². The number of H-pyrrole nitrogens is 1. The van der Waals surface area contributed by atoms with Crippen molar-refractivity contribution in [2.24, 2.45) is 5.92 Å². The minimum absolute atomic E-state index is 0.121. The fourth-order valence-corrected chi connectivity index (χ4v) is 2.18. The Kier molecular flexibility index (Phi) is 5.11. The average molecular weight is 291 g/mol. The summed E-state index contributed by atoms with van der Waals surface area (Å²) in [5.74, 6) is 2.06. The molecule has 106 valence electrons. The first-order chi connectivity index (χ1) is 9.63. The van der Waals surface area contributed by atoms with E-state index in [-0.39, 0.29) is 11.7 Å². The van der Waals surface area contributed by atoms with Crippen molar-refractivity contribution < 1.29 is 4.79 Å². The second kappa shape index (κ2) is 7.04. The molecule has 2 aromatic heterocycles. The highest BCUT2D eigenvalue weighted by molar-refractivity contribution is 7.99. The zero-order chi connectivity index (χ0) is 14.4. The first-order valence-corrected chi connectivity index (χ1v) is 7.37. The summed E-state index contributed by atoms with van der Waals surface area (Å²) in [5, 5.41) is 10.3. The van der Waals surface area contributed by atoms with Gasteiger partial charge in [-0.1, -0.05) is 31.7 Å². The van der Waals surface area contributed by atoms with Crippen molar-refractivity contribution in [3.8, 4) is 0 Å². The van der Waals surface area contributed by atoms with Gasteiger partial charge in [0.15, 0.2) is 0 Å². The number of aromatic amines is 1. The van der Waals surface area contributed by atoms with Crippen molar-refractivity contribution in [2.45, 2.75) is 25.4 Å². The molecule has 0 aliphatic heterocycles. The molecule has 0 bridgehead atoms. The lowest BCUT2D eigenvalue weighted by molar-refractivity contribution is -0.113. The summed E-state index contributed by atoms with van der Waals surface area (Å²) >= 11 is 1.30. The van der Waals surface area contributed by atoms with Crippen molar-refractivity contribution in [1.29, 1.82) is 0 Å². The van der Waals surface area contributed by atoms with Gasteiger partial charge in [0.1, 0.15) is 11.6 Å². The Balaban J connectivity index is 1.80. The van der Waals surface area contributed by atoms with Crippen LogP contribution in [0.3, 0.4) is 0 Å². The number of hydrogen-bond acceptors (Lipinski definition) is 5. The van der Waals surface area contributed by atoms with Gasteiger partial charge in [-0.2, -0.15) is 0 Å². The van der Waals surface area contributed by atoms with E-state index in [1.54, 1.807) is 18.3 Å². The molecular formula is C13H17N5OS. The Hall–Kier alpha value is -1.89. The summed E-state index contributed by atoms with van der Waals surface area (Å²) in [4.78, 5) is 20.1. The van der Waals surface area contributed by atoms with Gasteiger partial charge in [0.05, 0.1) is 5.75 Å². The van der Waals surface area contributed by atoms with Gasteiger partial charge in [-0.05, 0) is 18.1 Å². The highest BCUT2D eigenvalue weighted by atomic mass is 32.2. The quantitative estimate of drug-likeness (QED) is 0.797. The summed E-state index contributed by atoms with van der Waals surface area (Å²) in [7, 11) is 0. The third kappa shape index (κ3) is 4.65. The molecule has 2 N–H and O–H groups in total. The van der Waals surface area contributed by atoms with Gasteiger partial charge in [-0.15, -0.1) is 5.10 Å². The van der Waals surface area contributed by atoms with Gasteiger partial charge in [0.2, 0.25) is 11.1 Å². The number of anilines is 1. The molecule has 0 fully saturated rings. The summed E-state index contributed by atoms with van der Waals surface area (Å²) in [6.07, 6.45) is 2.49. The summed E-state index contributed by atoms with van der Waals surface area (Å²) in [5.41, 5.74) is 0. The molecule has 7 heteroatoms. The van der Waals surface area contributed by atoms with Gasteiger partial charge in [0.25, 0.3) is 0 Å². The molecule has 0 aliphatic carbocycles. The molecule has 2 rings (SSSR count). The molecule has 0 aliphatic rings. The van der Waals surface area contributed by atoms with Crippen LogP contribution in [0.25, 0.3) is 0 Å². The lowest BCUT2D eigenvalue weighted by Crippen LogP contribution is -2.14. The maximum atomic E-state index is 11.7. The number of nitrogens with zero attached hydrogens (tertiary/aromatic N) is 3. The Morgan fingerprint density at radius 2 is 2.30 bits per heavy atom. The molecule has 2 aromatic rings. The predicted molar refractivity (Wildman–Crippen MR) is 78.5 cm³/mol. The van der Waals surface area contributed by atoms with E-state index in [2.05, 4.69) is 39.3 Å². The van der Waals surface area contributed by atoms with Gasteiger partial charge >= 0.3 is 0 Å². The number of thioether (sulfide) groups is 1. The van der Waals surface area contributed by atoms with Crippen LogP contribution in [0.2, 0.25) is 0 Å². The maximum Gasteiger partial charge on any atom is 0.236 e. The Labute approximate surface area is 121 Å². The molecule has 0 radical (unpaired) electrons. The van der Waals surface area contributed by atoms with Crippen LogP contribution in [0.4, 0.5) is 5.82 Å². The van der Waals surface area contributed by atoms with Crippen LogP contribution in [0.1, 0.15) is 19.7 Å². The molecule has 0 unspecified atom stereocenters. The molecule has 6 nitrogen and oxygen atoms in total. The van der Waals surface area contributed by atoms with Crippen LogP contribution in [0.5, 0.6) is 0 Å². The monoisotopic (exact) mass is 291 g/mol. The van der Waals surface area contributed by atoms with E-state index < -0.39 is 0 Å². The number of amides is 1. The first kappa shape index (κ1) is 14.5. The number of pyridine rings is 1. The largest absolute Gasteiger partial charge is 0.310 e. The van der Waals surface area contributed by atoms with E-state index in [0.29, 0.717) is 16.9 Å². The molecule has 20 heavy (non-hydrogen) atoms. The number of aromatic nitrogens is 4. The van der Waals surface area contributed by atoms with E-state index in [4.69, 9.17) is 0 Å². The van der Waals surface area contributed by atoms with Crippen LogP contribution in [-0.2, 0) is 11.2 Å². The van der Waals surface area contributed by atoms with E-state index in [0.717, 1.165) is 12.2 Å². The molecule has 2 heterocycles. The lowest BCUT2D eigenvalue weighted by atomic mass is 10.1. The Bertz CT molecular complexity index is 555. The zero-order valence-corrected chi connectivity index (χ0v) is 12.3. The maximum absolute atomic E-state index is 11.7. The number of hydrogen-bond donors (Lipinski definition) is 2. The highest BCUT2D eigenvalue weighted by Gasteiger charge is 2.09. The van der Waals surface area contributed by atoms with E-state index in [1.807, 2.05) is 6.07 Å². The van der Waals surface area contributed by atoms with E-state index in [9.17, 15) is 4.79 Å². The molecule has 0 spiro atoms. The molecular weight excluding hydrogens is 274 g/mol. The smallest absolute Gasteiger partial charge is 0.236 e. The van der Waals surface area contributed by atoms with Crippen molar-refractivity contribution in [3.05, 3.63) is 30.2 Å². The summed E-state index contributed by atoms with van der Waals surface area (Å²) in [6, 6.07) is 5.37. The van der Waals surface area contributed by atoms with Crippen molar-refractivity contribution in [1.82, 2.24) is 20.2 Å². The summed E-state index contributed by atoms with van der Waals surface area (Å²) < 4.78 is 0. The van der Waals surface area contributed by atoms with E-state index >= 15 is 0 Å². The van der Waals surface area contributed by atoms with Crippen molar-refractivity contribution in [2.75, 3.05) is 11.1 Å². The normalized spacial score (nSPS) is 10.8. The SMILES string of the molecule is CC(C)Cc1nc(SCC(=O)Nc2ccccn2)n[nH]1. The standard InChI is InChI=1S/C13H17N5OS/c1-9(2)7-11-16-13(18-17-11)20-8-12(19)15-10-5-3-4-6-14-10/h3-6,9H,7-8H2,1-2H3,(H,14,15,19)(H,16,17,18). The van der Waals surface area contributed by atoms with Gasteiger partial charge in [-0.25, -0.2) is 9.97 Å². The molecule has 1 amide bonds. The number of carbonyl (C=O) groups excluding carboxylic acids is 1. The second-order valence-corrected chi connectivity index (χ2v) is 5.66.